The number of carbonyl (C=O) groups excluding carboxylic acids is 1. The van der Waals surface area contributed by atoms with E-state index >= 15 is 0 Å². The third-order valence-electron chi connectivity index (χ3n) is 2.89. The van der Waals surface area contributed by atoms with Gasteiger partial charge in [0.1, 0.15) is 0 Å². The van der Waals surface area contributed by atoms with Gasteiger partial charge >= 0.3 is 0 Å². The highest BCUT2D eigenvalue weighted by Gasteiger charge is 2.47. The Morgan fingerprint density at radius 1 is 1.73 bits per heavy atom. The Morgan fingerprint density at radius 2 is 2.45 bits per heavy atom. The normalized spacial score (nSPS) is 49.1. The van der Waals surface area contributed by atoms with Crippen molar-refractivity contribution in [1.29, 1.82) is 0 Å². The van der Waals surface area contributed by atoms with Gasteiger partial charge in [0, 0.05) is 5.54 Å². The summed E-state index contributed by atoms with van der Waals surface area (Å²) >= 11 is 0. The molecule has 2 rings (SSSR count). The van der Waals surface area contributed by atoms with Crippen molar-refractivity contribution >= 4 is 5.91 Å². The summed E-state index contributed by atoms with van der Waals surface area (Å²) in [6.45, 7) is 2.05. The van der Waals surface area contributed by atoms with Crippen molar-refractivity contribution in [2.24, 2.45) is 5.92 Å². The van der Waals surface area contributed by atoms with Crippen LogP contribution in [-0.4, -0.2) is 22.7 Å². The smallest absolute Gasteiger partial charge is 0.226 e. The molecule has 3 nitrogen and oxygen atoms in total. The summed E-state index contributed by atoms with van der Waals surface area (Å²) in [6.07, 6.45) is 2.09. The van der Waals surface area contributed by atoms with Crippen LogP contribution in [0.4, 0.5) is 0 Å². The molecule has 0 spiro atoms. The predicted molar refractivity (Wildman–Crippen MR) is 39.9 cm³/mol. The first-order chi connectivity index (χ1) is 5.11. The van der Waals surface area contributed by atoms with Gasteiger partial charge in [-0.1, -0.05) is 0 Å². The van der Waals surface area contributed by atoms with Crippen LogP contribution < -0.4 is 5.32 Å². The minimum Gasteiger partial charge on any atom is -0.392 e. The van der Waals surface area contributed by atoms with Crippen molar-refractivity contribution in [3.63, 3.8) is 0 Å². The Hall–Kier alpha value is -0.570. The van der Waals surface area contributed by atoms with Gasteiger partial charge in [0.2, 0.25) is 5.91 Å². The highest BCUT2D eigenvalue weighted by molar-refractivity contribution is 5.83. The van der Waals surface area contributed by atoms with Crippen LogP contribution in [0.2, 0.25) is 0 Å². The van der Waals surface area contributed by atoms with Gasteiger partial charge in [-0.3, -0.25) is 4.79 Å². The summed E-state index contributed by atoms with van der Waals surface area (Å²) in [5.74, 6) is -0.0914. The number of hydrogen-bond donors (Lipinski definition) is 2. The van der Waals surface area contributed by atoms with Crippen LogP contribution in [0.3, 0.4) is 0 Å². The van der Waals surface area contributed by atoms with Crippen LogP contribution in [0.15, 0.2) is 0 Å². The third-order valence-corrected chi connectivity index (χ3v) is 2.89. The number of aliphatic hydroxyl groups is 1. The maximum atomic E-state index is 11.2. The van der Waals surface area contributed by atoms with E-state index in [4.69, 9.17) is 0 Å². The average molecular weight is 155 g/mol. The zero-order chi connectivity index (χ0) is 8.06. The monoisotopic (exact) mass is 155 g/mol. The topological polar surface area (TPSA) is 49.3 Å². The molecule has 1 saturated carbocycles. The first-order valence-corrected chi connectivity index (χ1v) is 4.11. The van der Waals surface area contributed by atoms with E-state index in [0.717, 1.165) is 19.3 Å². The SMILES string of the molecule is C[C@@]12CC[C@@H](O)[C@@H](C1)C(=O)N2. The lowest BCUT2D eigenvalue weighted by atomic mass is 9.80. The van der Waals surface area contributed by atoms with E-state index in [1.54, 1.807) is 0 Å². The molecular formula is C8H13NO2. The molecule has 1 aliphatic heterocycles. The maximum Gasteiger partial charge on any atom is 0.226 e. The zero-order valence-electron chi connectivity index (χ0n) is 6.63. The maximum absolute atomic E-state index is 11.2. The number of carbonyl (C=O) groups is 1. The van der Waals surface area contributed by atoms with Crippen molar-refractivity contribution in [3.8, 4) is 0 Å². The quantitative estimate of drug-likeness (QED) is 0.518. The Labute approximate surface area is 65.8 Å². The average Bonchev–Trinajstić information content (AvgIpc) is 2.18. The Morgan fingerprint density at radius 3 is 3.09 bits per heavy atom. The van der Waals surface area contributed by atoms with E-state index in [-0.39, 0.29) is 17.4 Å². The fraction of sp³-hybridized carbons (Fsp3) is 0.875. The molecule has 2 fully saturated rings. The Bertz CT molecular complexity index is 204. The van der Waals surface area contributed by atoms with E-state index in [2.05, 4.69) is 12.2 Å². The molecular weight excluding hydrogens is 142 g/mol. The molecule has 0 aromatic heterocycles. The molecule has 1 saturated heterocycles. The van der Waals surface area contributed by atoms with E-state index in [9.17, 15) is 9.90 Å². The number of nitrogens with one attached hydrogen (secondary N) is 1. The Kier molecular flexibility index (Phi) is 1.27. The number of amides is 1. The van der Waals surface area contributed by atoms with Crippen LogP contribution >= 0.6 is 0 Å². The molecule has 2 aliphatic rings. The first-order valence-electron chi connectivity index (χ1n) is 4.11. The second-order valence-corrected chi connectivity index (χ2v) is 3.97. The number of aliphatic hydroxyl groups excluding tert-OH is 1. The minimum atomic E-state index is -0.398. The van der Waals surface area contributed by atoms with E-state index in [0.29, 0.717) is 0 Å². The van der Waals surface area contributed by atoms with Crippen molar-refractivity contribution in [2.75, 3.05) is 0 Å². The fourth-order valence-corrected chi connectivity index (χ4v) is 2.16. The first kappa shape index (κ1) is 7.10. The van der Waals surface area contributed by atoms with Crippen LogP contribution in [-0.2, 0) is 4.79 Å². The molecule has 0 radical (unpaired) electrons. The molecule has 1 heterocycles. The van der Waals surface area contributed by atoms with Gasteiger partial charge in [-0.15, -0.1) is 0 Å². The fourth-order valence-electron chi connectivity index (χ4n) is 2.16. The van der Waals surface area contributed by atoms with Gasteiger partial charge in [0.25, 0.3) is 0 Å². The van der Waals surface area contributed by atoms with Crippen LogP contribution in [0.1, 0.15) is 26.2 Å². The molecule has 0 unspecified atom stereocenters. The molecule has 1 amide bonds. The lowest BCUT2D eigenvalue weighted by molar-refractivity contribution is -0.125. The highest BCUT2D eigenvalue weighted by Crippen LogP contribution is 2.37. The van der Waals surface area contributed by atoms with Gasteiger partial charge in [-0.2, -0.15) is 0 Å². The summed E-state index contributed by atoms with van der Waals surface area (Å²) in [7, 11) is 0. The summed E-state index contributed by atoms with van der Waals surface area (Å²) < 4.78 is 0. The second-order valence-electron chi connectivity index (χ2n) is 3.97. The van der Waals surface area contributed by atoms with E-state index < -0.39 is 6.10 Å². The molecule has 11 heavy (non-hydrogen) atoms. The summed E-state index contributed by atoms with van der Waals surface area (Å²) in [6, 6.07) is 0. The summed E-state index contributed by atoms with van der Waals surface area (Å²) in [5.41, 5.74) is -0.0129. The van der Waals surface area contributed by atoms with Gasteiger partial charge in [-0.05, 0) is 26.2 Å². The third kappa shape index (κ3) is 0.948. The zero-order valence-corrected chi connectivity index (χ0v) is 6.63. The largest absolute Gasteiger partial charge is 0.392 e. The highest BCUT2D eigenvalue weighted by atomic mass is 16.3. The van der Waals surface area contributed by atoms with Crippen LogP contribution in [0.5, 0.6) is 0 Å². The standard InChI is InChI=1S/C8H13NO2/c1-8-3-2-6(10)5(4-8)7(11)9-8/h5-6,10H,2-4H2,1H3,(H,9,11)/t5-,6-,8-/m1/s1. The van der Waals surface area contributed by atoms with Gasteiger partial charge in [-0.25, -0.2) is 0 Å². The predicted octanol–water partition coefficient (Wildman–Crippen LogP) is 0.0359. The van der Waals surface area contributed by atoms with Crippen LogP contribution in [0, 0.1) is 5.92 Å². The van der Waals surface area contributed by atoms with Gasteiger partial charge < -0.3 is 10.4 Å². The van der Waals surface area contributed by atoms with E-state index in [1.165, 1.54) is 0 Å². The molecule has 0 aromatic rings. The van der Waals surface area contributed by atoms with E-state index in [1.807, 2.05) is 0 Å². The van der Waals surface area contributed by atoms with Crippen molar-refractivity contribution in [2.45, 2.75) is 37.8 Å². The molecule has 3 atom stereocenters. The minimum absolute atomic E-state index is 0.0129. The van der Waals surface area contributed by atoms with Gasteiger partial charge in [0.15, 0.2) is 0 Å². The second kappa shape index (κ2) is 1.97. The number of rotatable bonds is 0. The molecule has 0 aromatic carbocycles. The summed E-state index contributed by atoms with van der Waals surface area (Å²) in [5, 5.41) is 12.3. The lowest BCUT2D eigenvalue weighted by Gasteiger charge is -2.29. The van der Waals surface area contributed by atoms with Crippen molar-refractivity contribution in [1.82, 2.24) is 5.32 Å². The van der Waals surface area contributed by atoms with Crippen molar-refractivity contribution < 1.29 is 9.90 Å². The summed E-state index contributed by atoms with van der Waals surface area (Å²) in [4.78, 5) is 11.2. The Balaban J connectivity index is 2.24. The molecule has 2 N–H and O–H groups in total. The number of hydrogen-bond acceptors (Lipinski definition) is 2. The van der Waals surface area contributed by atoms with Gasteiger partial charge in [0.05, 0.1) is 12.0 Å². The lowest BCUT2D eigenvalue weighted by Crippen LogP contribution is -2.38. The molecule has 2 bridgehead atoms. The molecule has 62 valence electrons. The van der Waals surface area contributed by atoms with Crippen LogP contribution in [0.25, 0.3) is 0 Å². The number of fused-ring (bicyclic) bond motifs is 2. The molecule has 1 aliphatic carbocycles. The van der Waals surface area contributed by atoms with Crippen molar-refractivity contribution in [3.05, 3.63) is 0 Å². The molecule has 3 heteroatoms.